The smallest absolute Gasteiger partial charge is 0.336 e. The lowest BCUT2D eigenvalue weighted by Gasteiger charge is -2.30. The molecule has 1 aromatic heterocycles. The van der Waals surface area contributed by atoms with E-state index in [1.54, 1.807) is 13.0 Å². The number of nitrogens with zero attached hydrogens (tertiary/aromatic N) is 3. The van der Waals surface area contributed by atoms with Gasteiger partial charge in [0.05, 0.1) is 22.8 Å². The van der Waals surface area contributed by atoms with Gasteiger partial charge in [-0.25, -0.2) is 4.79 Å². The van der Waals surface area contributed by atoms with Gasteiger partial charge in [-0.1, -0.05) is 42.5 Å². The van der Waals surface area contributed by atoms with Crippen LogP contribution in [0.2, 0.25) is 0 Å². The molecule has 0 amide bonds. The topological polar surface area (TPSA) is 97.6 Å². The summed E-state index contributed by atoms with van der Waals surface area (Å²) in [5.41, 5.74) is 4.73. The summed E-state index contributed by atoms with van der Waals surface area (Å²) in [5, 5.41) is 15.7. The number of rotatable bonds is 9. The number of fused-ring (bicyclic) bond motifs is 1. The van der Waals surface area contributed by atoms with Gasteiger partial charge in [-0.15, -0.1) is 0 Å². The van der Waals surface area contributed by atoms with E-state index >= 15 is 0 Å². The standard InChI is InChI=1S/C27H30N4O4S/c1-5-35-27(32)23-18(3)28-26-25(24(23)20-12-9-13-21(15-20)31(33)34)22(29-36-26)16-30(4)17(2)14-19-10-7-6-8-11-19/h6-13,15,17,24,28H,5,14,16H2,1-4H3/t17-,24?/m0/s1. The zero-order chi connectivity index (χ0) is 25.8. The number of carbonyl (C=O) groups excluding carboxylic acids is 1. The van der Waals surface area contributed by atoms with Gasteiger partial charge in [-0.3, -0.25) is 15.0 Å². The Morgan fingerprint density at radius 1 is 1.25 bits per heavy atom. The quantitative estimate of drug-likeness (QED) is 0.232. The van der Waals surface area contributed by atoms with E-state index in [0.29, 0.717) is 23.4 Å². The predicted molar refractivity (Wildman–Crippen MR) is 141 cm³/mol. The first-order valence-corrected chi connectivity index (χ1v) is 12.7. The number of carbonyl (C=O) groups is 1. The van der Waals surface area contributed by atoms with Crippen molar-refractivity contribution < 1.29 is 14.5 Å². The molecule has 2 atom stereocenters. The first-order chi connectivity index (χ1) is 17.3. The Labute approximate surface area is 214 Å². The molecule has 188 valence electrons. The molecule has 9 heteroatoms. The van der Waals surface area contributed by atoms with Gasteiger partial charge in [0, 0.05) is 41.9 Å². The first-order valence-electron chi connectivity index (χ1n) is 11.9. The van der Waals surface area contributed by atoms with Crippen molar-refractivity contribution in [1.29, 1.82) is 0 Å². The summed E-state index contributed by atoms with van der Waals surface area (Å²) >= 11 is 1.34. The predicted octanol–water partition coefficient (Wildman–Crippen LogP) is 5.51. The zero-order valence-electron chi connectivity index (χ0n) is 20.9. The number of allylic oxidation sites excluding steroid dienone is 1. The van der Waals surface area contributed by atoms with Crippen LogP contribution < -0.4 is 5.32 Å². The van der Waals surface area contributed by atoms with Gasteiger partial charge in [0.2, 0.25) is 0 Å². The summed E-state index contributed by atoms with van der Waals surface area (Å²) in [7, 11) is 2.06. The summed E-state index contributed by atoms with van der Waals surface area (Å²) in [6.45, 7) is 6.57. The molecule has 0 radical (unpaired) electrons. The molecule has 3 aromatic rings. The minimum Gasteiger partial charge on any atom is -0.463 e. The molecule has 8 nitrogen and oxygen atoms in total. The highest BCUT2D eigenvalue weighted by molar-refractivity contribution is 7.10. The Bertz CT molecular complexity index is 1290. The number of anilines is 1. The number of esters is 1. The Hall–Kier alpha value is -3.56. The maximum Gasteiger partial charge on any atom is 0.336 e. The number of hydrogen-bond acceptors (Lipinski definition) is 8. The third kappa shape index (κ3) is 5.32. The molecule has 1 N–H and O–H groups in total. The molecule has 0 fully saturated rings. The number of nitro benzene ring substituents is 1. The third-order valence-electron chi connectivity index (χ3n) is 6.52. The molecular weight excluding hydrogens is 476 g/mol. The number of ether oxygens (including phenoxy) is 1. The van der Waals surface area contributed by atoms with Crippen LogP contribution in [0.15, 0.2) is 65.9 Å². The van der Waals surface area contributed by atoms with Crippen molar-refractivity contribution in [3.8, 4) is 0 Å². The fraction of sp³-hybridized carbons (Fsp3) is 0.333. The maximum absolute atomic E-state index is 13.1. The highest BCUT2D eigenvalue weighted by atomic mass is 32.1. The van der Waals surface area contributed by atoms with Gasteiger partial charge in [0.15, 0.2) is 0 Å². The molecule has 1 aliphatic heterocycles. The summed E-state index contributed by atoms with van der Waals surface area (Å²) in [4.78, 5) is 26.4. The van der Waals surface area contributed by atoms with Crippen LogP contribution in [0.4, 0.5) is 10.7 Å². The number of likely N-dealkylation sites (N-methyl/N-ethyl adjacent to an activating group) is 1. The van der Waals surface area contributed by atoms with E-state index in [2.05, 4.69) is 36.3 Å². The minimum absolute atomic E-state index is 0.0215. The van der Waals surface area contributed by atoms with Crippen molar-refractivity contribution in [2.75, 3.05) is 19.0 Å². The second kappa shape index (κ2) is 11.0. The Balaban J connectivity index is 1.72. The van der Waals surface area contributed by atoms with Crippen LogP contribution in [-0.4, -0.2) is 39.9 Å². The normalized spacial score (nSPS) is 15.9. The number of aromatic nitrogens is 1. The molecule has 4 rings (SSSR count). The number of nitro groups is 1. The Morgan fingerprint density at radius 2 is 2.00 bits per heavy atom. The van der Waals surface area contributed by atoms with Crippen molar-refractivity contribution in [2.45, 2.75) is 45.7 Å². The molecule has 36 heavy (non-hydrogen) atoms. The lowest BCUT2D eigenvalue weighted by molar-refractivity contribution is -0.384. The van der Waals surface area contributed by atoms with Crippen LogP contribution in [0.1, 0.15) is 49.1 Å². The Kier molecular flexibility index (Phi) is 7.81. The zero-order valence-corrected chi connectivity index (χ0v) is 21.7. The molecule has 0 bridgehead atoms. The molecule has 2 aromatic carbocycles. The fourth-order valence-corrected chi connectivity index (χ4v) is 5.45. The van der Waals surface area contributed by atoms with Gasteiger partial charge in [0.1, 0.15) is 5.00 Å². The number of nitrogens with one attached hydrogen (secondary N) is 1. The summed E-state index contributed by atoms with van der Waals surface area (Å²) in [5.74, 6) is -0.959. The van der Waals surface area contributed by atoms with E-state index < -0.39 is 16.8 Å². The second-order valence-corrected chi connectivity index (χ2v) is 9.77. The van der Waals surface area contributed by atoms with Gasteiger partial charge in [0.25, 0.3) is 5.69 Å². The van der Waals surface area contributed by atoms with Crippen molar-refractivity contribution in [3.63, 3.8) is 0 Å². The van der Waals surface area contributed by atoms with Crippen LogP contribution in [0, 0.1) is 10.1 Å². The van der Waals surface area contributed by atoms with Crippen molar-refractivity contribution in [2.24, 2.45) is 0 Å². The highest BCUT2D eigenvalue weighted by Gasteiger charge is 2.37. The number of benzene rings is 2. The van der Waals surface area contributed by atoms with E-state index in [4.69, 9.17) is 9.11 Å². The van der Waals surface area contributed by atoms with Crippen molar-refractivity contribution in [1.82, 2.24) is 9.27 Å². The van der Waals surface area contributed by atoms with Gasteiger partial charge in [-0.2, -0.15) is 4.37 Å². The SMILES string of the molecule is CCOC(=O)C1=C(C)Nc2snc(CN(C)[C@@H](C)Cc3ccccc3)c2C1c1cccc([N+](=O)[O-])c1. The Morgan fingerprint density at radius 3 is 2.69 bits per heavy atom. The molecular formula is C27H30N4O4S. The molecule has 2 heterocycles. The van der Waals surface area contributed by atoms with E-state index in [9.17, 15) is 14.9 Å². The van der Waals surface area contributed by atoms with Crippen molar-refractivity contribution >= 4 is 28.2 Å². The van der Waals surface area contributed by atoms with Crippen LogP contribution in [0.25, 0.3) is 0 Å². The monoisotopic (exact) mass is 506 g/mol. The largest absolute Gasteiger partial charge is 0.463 e. The lowest BCUT2D eigenvalue weighted by atomic mass is 9.81. The second-order valence-electron chi connectivity index (χ2n) is 9.00. The van der Waals surface area contributed by atoms with Gasteiger partial charge < -0.3 is 10.1 Å². The number of non-ortho nitro benzene ring substituents is 1. The summed E-state index contributed by atoms with van der Waals surface area (Å²) in [6, 6.07) is 17.1. The maximum atomic E-state index is 13.1. The molecule has 1 aliphatic rings. The highest BCUT2D eigenvalue weighted by Crippen LogP contribution is 2.46. The van der Waals surface area contributed by atoms with E-state index in [-0.39, 0.29) is 18.3 Å². The molecule has 0 saturated heterocycles. The van der Waals surface area contributed by atoms with Gasteiger partial charge >= 0.3 is 5.97 Å². The van der Waals surface area contributed by atoms with Gasteiger partial charge in [-0.05, 0) is 56.9 Å². The minimum atomic E-state index is -0.522. The lowest BCUT2D eigenvalue weighted by Crippen LogP contribution is -2.31. The van der Waals surface area contributed by atoms with Crippen LogP contribution in [-0.2, 0) is 22.5 Å². The molecule has 1 unspecified atom stereocenters. The van der Waals surface area contributed by atoms with E-state index in [1.807, 2.05) is 31.2 Å². The fourth-order valence-electron chi connectivity index (χ4n) is 4.56. The molecule has 0 aliphatic carbocycles. The first kappa shape index (κ1) is 25.5. The number of hydrogen-bond donors (Lipinski definition) is 1. The van der Waals surface area contributed by atoms with Crippen LogP contribution in [0.5, 0.6) is 0 Å². The van der Waals surface area contributed by atoms with Crippen molar-refractivity contribution in [3.05, 3.63) is 98.4 Å². The van der Waals surface area contributed by atoms with Crippen LogP contribution >= 0.6 is 11.5 Å². The van der Waals surface area contributed by atoms with E-state index in [1.165, 1.54) is 29.2 Å². The summed E-state index contributed by atoms with van der Waals surface area (Å²) < 4.78 is 10.2. The van der Waals surface area contributed by atoms with Crippen LogP contribution in [0.3, 0.4) is 0 Å². The third-order valence-corrected chi connectivity index (χ3v) is 7.34. The molecule has 0 saturated carbocycles. The summed E-state index contributed by atoms with van der Waals surface area (Å²) in [6.07, 6.45) is 0.892. The average molecular weight is 507 g/mol. The molecule has 0 spiro atoms. The van der Waals surface area contributed by atoms with E-state index in [0.717, 1.165) is 22.7 Å². The average Bonchev–Trinajstić information content (AvgIpc) is 3.25.